The van der Waals surface area contributed by atoms with Gasteiger partial charge in [-0.1, -0.05) is 12.7 Å². The van der Waals surface area contributed by atoms with E-state index in [9.17, 15) is 0 Å². The highest BCUT2D eigenvalue weighted by Crippen LogP contribution is 2.29. The minimum Gasteiger partial charge on any atom is -0.336 e. The van der Waals surface area contributed by atoms with E-state index in [-0.39, 0.29) is 0 Å². The van der Waals surface area contributed by atoms with Gasteiger partial charge in [-0.15, -0.1) is 0 Å². The molecule has 0 spiro atoms. The maximum Gasteiger partial charge on any atom is 0.161 e. The van der Waals surface area contributed by atoms with Crippen LogP contribution < -0.4 is 0 Å². The second kappa shape index (κ2) is 7.75. The Morgan fingerprint density at radius 2 is 1.94 bits per heavy atom. The van der Waals surface area contributed by atoms with Gasteiger partial charge in [0.15, 0.2) is 11.5 Å². The molecule has 0 atom stereocenters. The van der Waals surface area contributed by atoms with E-state index < -0.39 is 0 Å². The average molecular weight is 406 g/mol. The van der Waals surface area contributed by atoms with E-state index in [1.165, 1.54) is 6.20 Å². The zero-order valence-corrected chi connectivity index (χ0v) is 16.7. The molecule has 0 bridgehead atoms. The second-order valence-electron chi connectivity index (χ2n) is 6.75. The molecule has 0 saturated carbocycles. The normalized spacial score (nSPS) is 12.2. The zero-order chi connectivity index (χ0) is 21.2. The monoisotopic (exact) mass is 406 g/mol. The highest BCUT2D eigenvalue weighted by molar-refractivity contribution is 6.09. The van der Waals surface area contributed by atoms with Crippen molar-refractivity contribution in [3.05, 3.63) is 73.5 Å². The predicted molar refractivity (Wildman–Crippen MR) is 122 cm³/mol. The molecule has 0 aliphatic rings. The first-order valence-electron chi connectivity index (χ1n) is 9.70. The number of aromatic nitrogens is 7. The third-order valence-corrected chi connectivity index (χ3v) is 4.89. The number of pyridine rings is 3. The molecule has 5 aromatic heterocycles. The van der Waals surface area contributed by atoms with E-state index in [0.717, 1.165) is 44.6 Å². The molecule has 0 fully saturated rings. The number of hydrogen-bond donors (Lipinski definition) is 2. The van der Waals surface area contributed by atoms with Crippen molar-refractivity contribution in [2.24, 2.45) is 4.99 Å². The number of nitrogens with one attached hydrogen (secondary N) is 2. The summed E-state index contributed by atoms with van der Waals surface area (Å²) in [5.41, 5.74) is 7.14. The van der Waals surface area contributed by atoms with Gasteiger partial charge in [0.1, 0.15) is 11.0 Å². The van der Waals surface area contributed by atoms with Crippen molar-refractivity contribution in [3.8, 4) is 22.8 Å². The molecule has 0 radical (unpaired) electrons. The highest BCUT2D eigenvalue weighted by atomic mass is 15.2. The largest absolute Gasteiger partial charge is 0.336 e. The zero-order valence-electron chi connectivity index (χ0n) is 16.7. The maximum atomic E-state index is 4.81. The number of H-pyrrole nitrogens is 2. The number of rotatable bonds is 5. The summed E-state index contributed by atoms with van der Waals surface area (Å²) < 4.78 is 0. The molecule has 31 heavy (non-hydrogen) atoms. The first-order valence-corrected chi connectivity index (χ1v) is 9.70. The summed E-state index contributed by atoms with van der Waals surface area (Å²) in [6.45, 7) is 5.57. The molecule has 2 N–H and O–H groups in total. The van der Waals surface area contributed by atoms with Crippen LogP contribution in [-0.4, -0.2) is 41.3 Å². The van der Waals surface area contributed by atoms with Crippen molar-refractivity contribution in [1.29, 1.82) is 0 Å². The molecule has 8 heteroatoms. The number of hydrogen-bond acceptors (Lipinski definition) is 6. The molecule has 0 unspecified atom stereocenters. The van der Waals surface area contributed by atoms with E-state index in [4.69, 9.17) is 9.97 Å². The van der Waals surface area contributed by atoms with Gasteiger partial charge in [0.05, 0.1) is 22.4 Å². The molecule has 0 aromatic carbocycles. The molecule has 5 rings (SSSR count). The second-order valence-corrected chi connectivity index (χ2v) is 6.75. The fourth-order valence-corrected chi connectivity index (χ4v) is 3.41. The van der Waals surface area contributed by atoms with Crippen LogP contribution in [0.1, 0.15) is 12.6 Å². The Morgan fingerprint density at radius 3 is 2.74 bits per heavy atom. The quantitative estimate of drug-likeness (QED) is 0.416. The first-order chi connectivity index (χ1) is 15.3. The van der Waals surface area contributed by atoms with Crippen molar-refractivity contribution in [3.63, 3.8) is 0 Å². The Kier molecular flexibility index (Phi) is 4.64. The van der Waals surface area contributed by atoms with Crippen molar-refractivity contribution < 1.29 is 0 Å². The summed E-state index contributed by atoms with van der Waals surface area (Å²) in [6, 6.07) is 9.61. The number of imidazole rings is 1. The van der Waals surface area contributed by atoms with Gasteiger partial charge in [0.2, 0.25) is 0 Å². The van der Waals surface area contributed by atoms with Crippen LogP contribution in [0.15, 0.2) is 72.8 Å². The molecular weight excluding hydrogens is 388 g/mol. The van der Waals surface area contributed by atoms with Crippen molar-refractivity contribution >= 4 is 33.9 Å². The standard InChI is InChI=1S/C23H18N8/c1-3-14(12-24-4-2)16-7-8-18-21(27-16)22(31-30-18)23-28-17-9-11-26-19(20(17)29-23)15-6-5-10-25-13-15/h3-13H,2H2,1H3,(H,28,29)(H,30,31)/b14-3+,24-12?. The van der Waals surface area contributed by atoms with E-state index in [1.807, 2.05) is 43.3 Å². The van der Waals surface area contributed by atoms with Gasteiger partial charge in [-0.05, 0) is 37.3 Å². The van der Waals surface area contributed by atoms with Gasteiger partial charge < -0.3 is 4.98 Å². The van der Waals surface area contributed by atoms with E-state index in [2.05, 4.69) is 36.7 Å². The molecule has 0 aliphatic carbocycles. The lowest BCUT2D eigenvalue weighted by atomic mass is 10.1. The summed E-state index contributed by atoms with van der Waals surface area (Å²) in [5.74, 6) is 0.617. The van der Waals surface area contributed by atoms with Crippen molar-refractivity contribution in [1.82, 2.24) is 35.1 Å². The average Bonchev–Trinajstić information content (AvgIpc) is 3.43. The maximum absolute atomic E-state index is 4.81. The summed E-state index contributed by atoms with van der Waals surface area (Å²) in [5, 5.41) is 7.51. The Labute approximate surface area is 177 Å². The van der Waals surface area contributed by atoms with Gasteiger partial charge in [-0.25, -0.2) is 9.97 Å². The third-order valence-electron chi connectivity index (χ3n) is 4.89. The van der Waals surface area contributed by atoms with Crippen LogP contribution in [0.25, 0.3) is 50.4 Å². The lowest BCUT2D eigenvalue weighted by Crippen LogP contribution is -1.92. The first kappa shape index (κ1) is 18.6. The minimum atomic E-state index is 0.617. The van der Waals surface area contributed by atoms with Crippen LogP contribution in [0.5, 0.6) is 0 Å². The Balaban J connectivity index is 1.65. The minimum absolute atomic E-state index is 0.617. The molecule has 150 valence electrons. The SMILES string of the molecule is C=CN=C/C(=C\C)c1ccc2[nH]nc(-c3nc4c(-c5cccnc5)nccc4[nH]3)c2n1. The van der Waals surface area contributed by atoms with Crippen LogP contribution in [0, 0.1) is 0 Å². The van der Waals surface area contributed by atoms with Crippen molar-refractivity contribution in [2.45, 2.75) is 6.92 Å². The molecule has 0 aliphatic heterocycles. The molecular formula is C23H18N8. The molecule has 0 saturated heterocycles. The van der Waals surface area contributed by atoms with Gasteiger partial charge in [-0.3, -0.25) is 20.1 Å². The highest BCUT2D eigenvalue weighted by Gasteiger charge is 2.17. The van der Waals surface area contributed by atoms with Gasteiger partial charge in [0.25, 0.3) is 0 Å². The topological polar surface area (TPSA) is 108 Å². The molecule has 5 aromatic rings. The fraction of sp³-hybridized carbons (Fsp3) is 0.0435. The molecule has 5 heterocycles. The van der Waals surface area contributed by atoms with Gasteiger partial charge >= 0.3 is 0 Å². The van der Waals surface area contributed by atoms with Crippen LogP contribution in [0.2, 0.25) is 0 Å². The van der Waals surface area contributed by atoms with Gasteiger partial charge in [0, 0.05) is 42.1 Å². The Bertz CT molecular complexity index is 1460. The van der Waals surface area contributed by atoms with Crippen LogP contribution in [0.4, 0.5) is 0 Å². The van der Waals surface area contributed by atoms with E-state index in [1.54, 1.807) is 24.8 Å². The van der Waals surface area contributed by atoms with Crippen LogP contribution >= 0.6 is 0 Å². The lowest BCUT2D eigenvalue weighted by Gasteiger charge is -2.01. The summed E-state index contributed by atoms with van der Waals surface area (Å²) >= 11 is 0. The number of fused-ring (bicyclic) bond motifs is 2. The number of aromatic amines is 2. The predicted octanol–water partition coefficient (Wildman–Crippen LogP) is 4.58. The van der Waals surface area contributed by atoms with Crippen molar-refractivity contribution in [2.75, 3.05) is 0 Å². The van der Waals surface area contributed by atoms with Gasteiger partial charge in [-0.2, -0.15) is 5.10 Å². The number of aliphatic imine (C=N–C) groups is 1. The number of nitrogens with zero attached hydrogens (tertiary/aromatic N) is 6. The van der Waals surface area contributed by atoms with E-state index in [0.29, 0.717) is 11.5 Å². The summed E-state index contributed by atoms with van der Waals surface area (Å²) in [6.07, 6.45) is 10.4. The van der Waals surface area contributed by atoms with Crippen LogP contribution in [0.3, 0.4) is 0 Å². The molecule has 0 amide bonds. The summed E-state index contributed by atoms with van der Waals surface area (Å²) in [7, 11) is 0. The van der Waals surface area contributed by atoms with E-state index >= 15 is 0 Å². The summed E-state index contributed by atoms with van der Waals surface area (Å²) in [4.78, 5) is 25.8. The molecule has 8 nitrogen and oxygen atoms in total. The third kappa shape index (κ3) is 3.29. The van der Waals surface area contributed by atoms with Crippen LogP contribution in [-0.2, 0) is 0 Å². The lowest BCUT2D eigenvalue weighted by molar-refractivity contribution is 1.10. The fourth-order valence-electron chi connectivity index (χ4n) is 3.41. The number of allylic oxidation sites excluding steroid dienone is 2. The smallest absolute Gasteiger partial charge is 0.161 e. The Hall–Kier alpha value is -4.46. The Morgan fingerprint density at radius 1 is 1.03 bits per heavy atom.